The Hall–Kier alpha value is -1.51. The van der Waals surface area contributed by atoms with Gasteiger partial charge in [-0.25, -0.2) is 0 Å². The second-order valence-corrected chi connectivity index (χ2v) is 5.51. The number of para-hydroxylation sites is 1. The second kappa shape index (κ2) is 5.24. The summed E-state index contributed by atoms with van der Waals surface area (Å²) in [7, 11) is 0. The van der Waals surface area contributed by atoms with Gasteiger partial charge in [0.1, 0.15) is 0 Å². The summed E-state index contributed by atoms with van der Waals surface area (Å²) in [5.74, 6) is 0. The van der Waals surface area contributed by atoms with Crippen LogP contribution in [0.2, 0.25) is 5.02 Å². The first-order valence-corrected chi connectivity index (χ1v) is 7.11. The SMILES string of the molecule is Clc1ccccc1Nc1cccc2cccc(Br)c12. The molecule has 19 heavy (non-hydrogen) atoms. The van der Waals surface area contributed by atoms with Crippen molar-refractivity contribution >= 4 is 49.7 Å². The molecule has 0 unspecified atom stereocenters. The van der Waals surface area contributed by atoms with Crippen LogP contribution in [-0.4, -0.2) is 0 Å². The summed E-state index contributed by atoms with van der Waals surface area (Å²) in [6, 6.07) is 20.1. The molecule has 0 radical (unpaired) electrons. The van der Waals surface area contributed by atoms with E-state index in [4.69, 9.17) is 11.6 Å². The summed E-state index contributed by atoms with van der Waals surface area (Å²) in [4.78, 5) is 0. The summed E-state index contributed by atoms with van der Waals surface area (Å²) in [5.41, 5.74) is 1.95. The van der Waals surface area contributed by atoms with Crippen molar-refractivity contribution < 1.29 is 0 Å². The fourth-order valence-electron chi connectivity index (χ4n) is 2.11. The predicted octanol–water partition coefficient (Wildman–Crippen LogP) is 6.00. The van der Waals surface area contributed by atoms with Crippen molar-refractivity contribution in [3.63, 3.8) is 0 Å². The minimum Gasteiger partial charge on any atom is -0.354 e. The third-order valence-electron chi connectivity index (χ3n) is 3.00. The van der Waals surface area contributed by atoms with Crippen LogP contribution in [0.25, 0.3) is 10.8 Å². The molecule has 0 spiro atoms. The van der Waals surface area contributed by atoms with E-state index < -0.39 is 0 Å². The van der Waals surface area contributed by atoms with Gasteiger partial charge < -0.3 is 5.32 Å². The molecule has 94 valence electrons. The molecule has 0 bridgehead atoms. The van der Waals surface area contributed by atoms with E-state index in [1.165, 1.54) is 5.39 Å². The zero-order valence-electron chi connectivity index (χ0n) is 10.0. The molecular formula is C16H11BrClN. The van der Waals surface area contributed by atoms with Gasteiger partial charge in [0.2, 0.25) is 0 Å². The van der Waals surface area contributed by atoms with E-state index in [9.17, 15) is 0 Å². The number of fused-ring (bicyclic) bond motifs is 1. The lowest BCUT2D eigenvalue weighted by Gasteiger charge is -2.12. The third-order valence-corrected chi connectivity index (χ3v) is 3.99. The summed E-state index contributed by atoms with van der Waals surface area (Å²) >= 11 is 9.80. The molecule has 0 saturated heterocycles. The first kappa shape index (κ1) is 12.5. The van der Waals surface area contributed by atoms with Gasteiger partial charge >= 0.3 is 0 Å². The third kappa shape index (κ3) is 2.46. The van der Waals surface area contributed by atoms with Crippen molar-refractivity contribution in [3.8, 4) is 0 Å². The number of rotatable bonds is 2. The van der Waals surface area contributed by atoms with E-state index in [-0.39, 0.29) is 0 Å². The second-order valence-electron chi connectivity index (χ2n) is 4.25. The first-order chi connectivity index (χ1) is 9.25. The Balaban J connectivity index is 2.14. The van der Waals surface area contributed by atoms with Crippen LogP contribution in [-0.2, 0) is 0 Å². The zero-order chi connectivity index (χ0) is 13.2. The Kier molecular flexibility index (Phi) is 3.45. The van der Waals surface area contributed by atoms with Gasteiger partial charge in [0.05, 0.1) is 10.7 Å². The highest BCUT2D eigenvalue weighted by Crippen LogP contribution is 2.34. The van der Waals surface area contributed by atoms with Gasteiger partial charge in [0.25, 0.3) is 0 Å². The molecule has 3 aromatic rings. The van der Waals surface area contributed by atoms with Crippen LogP contribution in [0.15, 0.2) is 65.1 Å². The maximum absolute atomic E-state index is 6.19. The molecule has 0 fully saturated rings. The molecule has 0 aromatic heterocycles. The van der Waals surface area contributed by atoms with Crippen molar-refractivity contribution in [2.75, 3.05) is 5.32 Å². The monoisotopic (exact) mass is 331 g/mol. The van der Waals surface area contributed by atoms with E-state index >= 15 is 0 Å². The van der Waals surface area contributed by atoms with Crippen LogP contribution in [0.1, 0.15) is 0 Å². The molecule has 0 saturated carbocycles. The summed E-state index contributed by atoms with van der Waals surface area (Å²) < 4.78 is 1.07. The van der Waals surface area contributed by atoms with E-state index in [1.807, 2.05) is 42.5 Å². The maximum atomic E-state index is 6.19. The van der Waals surface area contributed by atoms with E-state index in [2.05, 4.69) is 39.4 Å². The van der Waals surface area contributed by atoms with Gasteiger partial charge in [-0.05, 0) is 29.7 Å². The fraction of sp³-hybridized carbons (Fsp3) is 0. The Morgan fingerprint density at radius 3 is 2.26 bits per heavy atom. The number of hydrogen-bond acceptors (Lipinski definition) is 1. The molecule has 3 aromatic carbocycles. The Labute approximate surface area is 125 Å². The van der Waals surface area contributed by atoms with Crippen LogP contribution < -0.4 is 5.32 Å². The van der Waals surface area contributed by atoms with E-state index in [0.29, 0.717) is 5.02 Å². The Bertz CT molecular complexity index is 734. The smallest absolute Gasteiger partial charge is 0.0640 e. The Morgan fingerprint density at radius 2 is 1.47 bits per heavy atom. The van der Waals surface area contributed by atoms with Crippen LogP contribution in [0, 0.1) is 0 Å². The fourth-order valence-corrected chi connectivity index (χ4v) is 2.89. The van der Waals surface area contributed by atoms with Gasteiger partial charge in [-0.2, -0.15) is 0 Å². The van der Waals surface area contributed by atoms with Crippen LogP contribution in [0.4, 0.5) is 11.4 Å². The topological polar surface area (TPSA) is 12.0 Å². The van der Waals surface area contributed by atoms with Gasteiger partial charge in [-0.3, -0.25) is 0 Å². The molecule has 0 aliphatic carbocycles. The molecule has 1 N–H and O–H groups in total. The van der Waals surface area contributed by atoms with Crippen LogP contribution in [0.3, 0.4) is 0 Å². The molecule has 0 atom stereocenters. The van der Waals surface area contributed by atoms with Crippen molar-refractivity contribution in [2.45, 2.75) is 0 Å². The zero-order valence-corrected chi connectivity index (χ0v) is 12.4. The predicted molar refractivity (Wildman–Crippen MR) is 86.4 cm³/mol. The molecule has 3 rings (SSSR count). The summed E-state index contributed by atoms with van der Waals surface area (Å²) in [5, 5.41) is 6.45. The summed E-state index contributed by atoms with van der Waals surface area (Å²) in [6.07, 6.45) is 0. The molecule has 0 aliphatic heterocycles. The molecule has 0 heterocycles. The van der Waals surface area contributed by atoms with Gasteiger partial charge in [0, 0.05) is 15.5 Å². The normalized spacial score (nSPS) is 10.6. The van der Waals surface area contributed by atoms with Crippen molar-refractivity contribution in [2.24, 2.45) is 0 Å². The molecule has 1 nitrogen and oxygen atoms in total. The highest BCUT2D eigenvalue weighted by molar-refractivity contribution is 9.10. The van der Waals surface area contributed by atoms with Crippen molar-refractivity contribution in [1.29, 1.82) is 0 Å². The number of hydrogen-bond donors (Lipinski definition) is 1. The average molecular weight is 333 g/mol. The number of benzene rings is 3. The minimum atomic E-state index is 0.714. The van der Waals surface area contributed by atoms with Crippen LogP contribution >= 0.6 is 27.5 Å². The van der Waals surface area contributed by atoms with Gasteiger partial charge in [0.15, 0.2) is 0 Å². The standard InChI is InChI=1S/C16H11BrClN/c17-12-7-3-5-11-6-4-10-15(16(11)12)19-14-9-2-1-8-13(14)18/h1-10,19H. The summed E-state index contributed by atoms with van der Waals surface area (Å²) in [6.45, 7) is 0. The lowest BCUT2D eigenvalue weighted by molar-refractivity contribution is 1.57. The van der Waals surface area contributed by atoms with Crippen molar-refractivity contribution in [1.82, 2.24) is 0 Å². The molecule has 0 aliphatic rings. The molecule has 0 amide bonds. The highest BCUT2D eigenvalue weighted by atomic mass is 79.9. The quantitative estimate of drug-likeness (QED) is 0.607. The van der Waals surface area contributed by atoms with Crippen LogP contribution in [0.5, 0.6) is 0 Å². The largest absolute Gasteiger partial charge is 0.354 e. The highest BCUT2D eigenvalue weighted by Gasteiger charge is 2.06. The maximum Gasteiger partial charge on any atom is 0.0640 e. The number of anilines is 2. The first-order valence-electron chi connectivity index (χ1n) is 5.94. The molecular weight excluding hydrogens is 322 g/mol. The molecule has 3 heteroatoms. The van der Waals surface area contributed by atoms with E-state index in [1.54, 1.807) is 0 Å². The lowest BCUT2D eigenvalue weighted by Crippen LogP contribution is -1.92. The lowest BCUT2D eigenvalue weighted by atomic mass is 10.1. The van der Waals surface area contributed by atoms with Gasteiger partial charge in [-0.15, -0.1) is 0 Å². The average Bonchev–Trinajstić information content (AvgIpc) is 2.42. The van der Waals surface area contributed by atoms with Crippen molar-refractivity contribution in [3.05, 3.63) is 70.2 Å². The Morgan fingerprint density at radius 1 is 0.789 bits per heavy atom. The minimum absolute atomic E-state index is 0.714. The van der Waals surface area contributed by atoms with E-state index in [0.717, 1.165) is 21.2 Å². The number of nitrogens with one attached hydrogen (secondary N) is 1. The number of halogens is 2. The van der Waals surface area contributed by atoms with Gasteiger partial charge in [-0.1, -0.05) is 63.9 Å².